The van der Waals surface area contributed by atoms with Crippen LogP contribution >= 0.6 is 0 Å². The monoisotopic (exact) mass is 461 g/mol. The molecule has 5 rings (SSSR count). The van der Waals surface area contributed by atoms with Crippen molar-refractivity contribution in [2.24, 2.45) is 5.92 Å². The van der Waals surface area contributed by atoms with Crippen LogP contribution < -0.4 is 0 Å². The topological polar surface area (TPSA) is 58.5 Å². The maximum Gasteiger partial charge on any atom is 0.107 e. The molecule has 2 fully saturated rings. The second-order valence-corrected chi connectivity index (χ2v) is 10.5. The van der Waals surface area contributed by atoms with Crippen LogP contribution in [0.15, 0.2) is 49.0 Å². The first-order valence-electron chi connectivity index (χ1n) is 13.3. The average molecular weight is 462 g/mol. The first kappa shape index (κ1) is 23.5. The van der Waals surface area contributed by atoms with Gasteiger partial charge in [0.05, 0.1) is 12.1 Å². The zero-order valence-corrected chi connectivity index (χ0v) is 20.4. The number of hydrogen-bond donors (Lipinski definition) is 1. The van der Waals surface area contributed by atoms with Crippen LogP contribution in [0, 0.1) is 5.92 Å². The van der Waals surface area contributed by atoms with Crippen molar-refractivity contribution in [3.8, 4) is 0 Å². The second kappa shape index (κ2) is 11.0. The molecule has 1 N–H and O–H groups in total. The number of fused-ring (bicyclic) bond motifs is 1. The van der Waals surface area contributed by atoms with Gasteiger partial charge in [-0.25, -0.2) is 0 Å². The molecule has 2 aromatic heterocycles. The van der Waals surface area contributed by atoms with E-state index in [-0.39, 0.29) is 17.9 Å². The van der Waals surface area contributed by atoms with Crippen molar-refractivity contribution < 1.29 is 9.84 Å². The highest BCUT2D eigenvalue weighted by Crippen LogP contribution is 2.41. The minimum Gasteiger partial charge on any atom is -0.511 e. The van der Waals surface area contributed by atoms with Gasteiger partial charge in [-0.15, -0.1) is 0 Å². The molecule has 1 saturated heterocycles. The molecule has 3 aliphatic rings. The highest BCUT2D eigenvalue weighted by molar-refractivity contribution is 5.32. The Bertz CT molecular complexity index is 973. The zero-order chi connectivity index (χ0) is 23.3. The van der Waals surface area contributed by atoms with Crippen molar-refractivity contribution in [3.63, 3.8) is 0 Å². The summed E-state index contributed by atoms with van der Waals surface area (Å²) < 4.78 is 6.27. The van der Waals surface area contributed by atoms with Crippen LogP contribution in [0.4, 0.5) is 0 Å². The Hall–Kier alpha value is -2.24. The first-order chi connectivity index (χ1) is 16.7. The summed E-state index contributed by atoms with van der Waals surface area (Å²) in [4.78, 5) is 11.6. The van der Waals surface area contributed by atoms with Gasteiger partial charge in [0.1, 0.15) is 5.76 Å². The molecule has 2 aromatic rings. The van der Waals surface area contributed by atoms with Crippen molar-refractivity contribution in [2.45, 2.75) is 82.3 Å². The van der Waals surface area contributed by atoms with E-state index in [0.717, 1.165) is 56.1 Å². The fourth-order valence-electron chi connectivity index (χ4n) is 6.04. The molecule has 3 heterocycles. The molecular formula is C29H39N3O2. The predicted molar refractivity (Wildman–Crippen MR) is 135 cm³/mol. The number of ether oxygens (including phenoxy) is 1. The lowest BCUT2D eigenvalue weighted by molar-refractivity contribution is 0.0515. The third-order valence-electron chi connectivity index (χ3n) is 8.16. The Balaban J connectivity index is 1.07. The molecule has 1 saturated carbocycles. The van der Waals surface area contributed by atoms with E-state index in [0.29, 0.717) is 5.92 Å². The molecule has 2 aliphatic carbocycles. The lowest BCUT2D eigenvalue weighted by Gasteiger charge is -2.32. The molecule has 1 aliphatic heterocycles. The van der Waals surface area contributed by atoms with E-state index in [1.54, 1.807) is 0 Å². The van der Waals surface area contributed by atoms with Gasteiger partial charge in [-0.1, -0.05) is 31.6 Å². The number of aliphatic hydroxyl groups excluding tert-OH is 1. The number of likely N-dealkylation sites (tertiary alicyclic amines) is 1. The van der Waals surface area contributed by atoms with E-state index >= 15 is 0 Å². The van der Waals surface area contributed by atoms with Gasteiger partial charge >= 0.3 is 0 Å². The summed E-state index contributed by atoms with van der Waals surface area (Å²) in [7, 11) is 0. The molecule has 0 amide bonds. The number of aromatic nitrogens is 2. The SMILES string of the molecule is C=C(O)C(c1cccnc1C1CCC1)N1CC[C@@H](OCCCC[C@@H]2CCc3cccnc3C2)C1. The summed E-state index contributed by atoms with van der Waals surface area (Å²) in [5, 5.41) is 10.5. The fourth-order valence-corrected chi connectivity index (χ4v) is 6.04. The van der Waals surface area contributed by atoms with E-state index in [1.165, 1.54) is 56.2 Å². The van der Waals surface area contributed by atoms with Gasteiger partial charge in [0.2, 0.25) is 0 Å². The van der Waals surface area contributed by atoms with Gasteiger partial charge in [-0.2, -0.15) is 0 Å². The largest absolute Gasteiger partial charge is 0.511 e. The Kier molecular flexibility index (Phi) is 7.60. The van der Waals surface area contributed by atoms with Gasteiger partial charge in [-0.05, 0) is 80.5 Å². The molecule has 0 spiro atoms. The summed E-state index contributed by atoms with van der Waals surface area (Å²) in [6.45, 7) is 6.52. The molecule has 34 heavy (non-hydrogen) atoms. The number of aryl methyl sites for hydroxylation is 1. The molecule has 182 valence electrons. The molecule has 0 aromatic carbocycles. The van der Waals surface area contributed by atoms with Crippen molar-refractivity contribution in [2.75, 3.05) is 19.7 Å². The minimum atomic E-state index is -0.180. The Morgan fingerprint density at radius 2 is 1.97 bits per heavy atom. The van der Waals surface area contributed by atoms with E-state index in [9.17, 15) is 5.11 Å². The summed E-state index contributed by atoms with van der Waals surface area (Å²) in [6.07, 6.45) is 15.9. The van der Waals surface area contributed by atoms with Gasteiger partial charge < -0.3 is 9.84 Å². The first-order valence-corrected chi connectivity index (χ1v) is 13.3. The maximum absolute atomic E-state index is 10.5. The van der Waals surface area contributed by atoms with Crippen LogP contribution in [0.2, 0.25) is 0 Å². The summed E-state index contributed by atoms with van der Waals surface area (Å²) in [5.41, 5.74) is 5.04. The minimum absolute atomic E-state index is 0.180. The summed E-state index contributed by atoms with van der Waals surface area (Å²) >= 11 is 0. The van der Waals surface area contributed by atoms with Crippen molar-refractivity contribution in [1.29, 1.82) is 0 Å². The lowest BCUT2D eigenvalue weighted by Crippen LogP contribution is -2.31. The van der Waals surface area contributed by atoms with Crippen LogP contribution in [0.1, 0.15) is 85.8 Å². The third-order valence-corrected chi connectivity index (χ3v) is 8.16. The normalized spacial score (nSPS) is 23.9. The van der Waals surface area contributed by atoms with Crippen molar-refractivity contribution >= 4 is 0 Å². The van der Waals surface area contributed by atoms with Gasteiger partial charge in [0.25, 0.3) is 0 Å². The number of rotatable bonds is 10. The number of hydrogen-bond acceptors (Lipinski definition) is 5. The van der Waals surface area contributed by atoms with Crippen molar-refractivity contribution in [3.05, 3.63) is 71.5 Å². The van der Waals surface area contributed by atoms with E-state index in [2.05, 4.69) is 34.7 Å². The number of nitrogens with zero attached hydrogens (tertiary/aromatic N) is 3. The zero-order valence-electron chi connectivity index (χ0n) is 20.4. The molecule has 1 unspecified atom stereocenters. The van der Waals surface area contributed by atoms with Crippen molar-refractivity contribution in [1.82, 2.24) is 14.9 Å². The maximum atomic E-state index is 10.5. The number of pyridine rings is 2. The Morgan fingerprint density at radius 1 is 1.12 bits per heavy atom. The van der Waals surface area contributed by atoms with Crippen LogP contribution in [0.5, 0.6) is 0 Å². The van der Waals surface area contributed by atoms with Crippen LogP contribution in [-0.2, 0) is 17.6 Å². The second-order valence-electron chi connectivity index (χ2n) is 10.5. The molecule has 5 heteroatoms. The molecule has 3 atom stereocenters. The summed E-state index contributed by atoms with van der Waals surface area (Å²) in [5.74, 6) is 1.52. The van der Waals surface area contributed by atoms with Crippen LogP contribution in [0.3, 0.4) is 0 Å². The summed E-state index contributed by atoms with van der Waals surface area (Å²) in [6, 6.07) is 8.22. The average Bonchev–Trinajstić information content (AvgIpc) is 3.27. The number of aliphatic hydroxyl groups is 1. The fraction of sp³-hybridized carbons (Fsp3) is 0.586. The van der Waals surface area contributed by atoms with Crippen LogP contribution in [0.25, 0.3) is 0 Å². The standard InChI is InChI=1S/C29H39N3O2/c1-21(33)29(26-11-6-16-31-28(26)24-8-4-9-24)32-17-14-25(20-32)34-18-3-2-7-22-12-13-23-10-5-15-30-27(23)19-22/h5-6,10-11,15-16,22,24-25,29,33H,1-4,7-9,12-14,17-20H2/t22-,25-,29?/m1/s1. The lowest BCUT2D eigenvalue weighted by atomic mass is 9.79. The number of unbranched alkanes of at least 4 members (excludes halogenated alkanes) is 1. The molecular weight excluding hydrogens is 422 g/mol. The van der Waals surface area contributed by atoms with Crippen LogP contribution in [-0.4, -0.2) is 45.8 Å². The Labute approximate surface area is 204 Å². The van der Waals surface area contributed by atoms with Gasteiger partial charge in [0.15, 0.2) is 0 Å². The highest BCUT2D eigenvalue weighted by atomic mass is 16.5. The molecule has 0 bridgehead atoms. The van der Waals surface area contributed by atoms with E-state index in [4.69, 9.17) is 9.72 Å². The Morgan fingerprint density at radius 3 is 2.79 bits per heavy atom. The smallest absolute Gasteiger partial charge is 0.107 e. The quantitative estimate of drug-likeness (QED) is 0.351. The third kappa shape index (κ3) is 5.36. The van der Waals surface area contributed by atoms with Gasteiger partial charge in [0, 0.05) is 49.4 Å². The van der Waals surface area contributed by atoms with Gasteiger partial charge in [-0.3, -0.25) is 14.9 Å². The highest BCUT2D eigenvalue weighted by Gasteiger charge is 2.35. The van der Waals surface area contributed by atoms with E-state index in [1.807, 2.05) is 18.5 Å². The van der Waals surface area contributed by atoms with E-state index < -0.39 is 0 Å². The molecule has 5 nitrogen and oxygen atoms in total. The molecule has 0 radical (unpaired) electrons. The predicted octanol–water partition coefficient (Wildman–Crippen LogP) is 5.92.